The Hall–Kier alpha value is -4.59. The lowest BCUT2D eigenvalue weighted by molar-refractivity contribution is -0.111. The summed E-state index contributed by atoms with van der Waals surface area (Å²) in [7, 11) is 0. The molecule has 1 fully saturated rings. The van der Waals surface area contributed by atoms with Crippen molar-refractivity contribution in [3.63, 3.8) is 0 Å². The van der Waals surface area contributed by atoms with Gasteiger partial charge in [0.15, 0.2) is 5.78 Å². The maximum Gasteiger partial charge on any atom is 0.185 e. The van der Waals surface area contributed by atoms with Gasteiger partial charge in [0.2, 0.25) is 0 Å². The van der Waals surface area contributed by atoms with Gasteiger partial charge in [-0.3, -0.25) is 4.79 Å². The Morgan fingerprint density at radius 3 is 1.43 bits per heavy atom. The molecule has 210 valence electrons. The lowest BCUT2D eigenvalue weighted by Crippen LogP contribution is -1.95. The lowest BCUT2D eigenvalue weighted by Gasteiger charge is -2.03. The molecule has 0 aromatic heterocycles. The molecular formula is C33H26Cl2N4O3. The summed E-state index contributed by atoms with van der Waals surface area (Å²) in [6.07, 6.45) is 4.75. The standard InChI is InChI=1S/C33H26Cl2N4O3/c1-19-3-9-25(34)17-27(19)36-38-29-15-21(5-11-31(29)40)13-23-7-8-24(33(23)42)14-22-6-12-32(41)30(16-22)39-37-28-18-26(35)10-4-20(28)2/h3-6,9-18,40-41H,7-8H2,1-2H3/b23-13-,24-14+,38-36?,39-37?. The molecule has 7 nitrogen and oxygen atoms in total. The minimum absolute atomic E-state index is 0.0234. The van der Waals surface area contributed by atoms with E-state index in [-0.39, 0.29) is 28.7 Å². The van der Waals surface area contributed by atoms with E-state index < -0.39 is 0 Å². The number of nitrogens with zero attached hydrogens (tertiary/aromatic N) is 4. The van der Waals surface area contributed by atoms with Crippen molar-refractivity contribution in [2.75, 3.05) is 0 Å². The molecule has 9 heteroatoms. The summed E-state index contributed by atoms with van der Waals surface area (Å²) in [5.74, 6) is -0.110. The molecule has 2 N–H and O–H groups in total. The number of benzene rings is 4. The minimum atomic E-state index is -0.0633. The Morgan fingerprint density at radius 1 is 0.595 bits per heavy atom. The molecule has 1 aliphatic carbocycles. The Balaban J connectivity index is 1.35. The lowest BCUT2D eigenvalue weighted by atomic mass is 10.1. The maximum absolute atomic E-state index is 13.2. The highest BCUT2D eigenvalue weighted by Gasteiger charge is 2.23. The number of carbonyl (C=O) groups excluding carboxylic acids is 1. The number of hydrogen-bond acceptors (Lipinski definition) is 7. The summed E-state index contributed by atoms with van der Waals surface area (Å²) in [4.78, 5) is 13.2. The first kappa shape index (κ1) is 28.9. The van der Waals surface area contributed by atoms with Gasteiger partial charge in [-0.2, -0.15) is 10.2 Å². The number of Topliss-reactive ketones (excluding diaryl/α,β-unsaturated/α-hetero) is 1. The summed E-state index contributed by atoms with van der Waals surface area (Å²) in [6, 6.07) is 20.5. The number of aromatic hydroxyl groups is 2. The summed E-state index contributed by atoms with van der Waals surface area (Å²) in [6.45, 7) is 3.79. The van der Waals surface area contributed by atoms with E-state index in [1.807, 2.05) is 26.0 Å². The topological polar surface area (TPSA) is 107 Å². The number of hydrogen-bond donors (Lipinski definition) is 2. The first-order chi connectivity index (χ1) is 20.2. The van der Waals surface area contributed by atoms with Gasteiger partial charge >= 0.3 is 0 Å². The van der Waals surface area contributed by atoms with Crippen LogP contribution in [-0.4, -0.2) is 16.0 Å². The van der Waals surface area contributed by atoms with E-state index >= 15 is 0 Å². The van der Waals surface area contributed by atoms with Crippen LogP contribution in [0.1, 0.15) is 35.1 Å². The smallest absolute Gasteiger partial charge is 0.185 e. The third-order valence-electron chi connectivity index (χ3n) is 6.80. The largest absolute Gasteiger partial charge is 0.506 e. The Kier molecular flexibility index (Phi) is 8.61. The Labute approximate surface area is 253 Å². The van der Waals surface area contributed by atoms with Gasteiger partial charge in [-0.05, 0) is 110 Å². The van der Waals surface area contributed by atoms with Crippen molar-refractivity contribution in [3.05, 3.63) is 116 Å². The number of aryl methyl sites for hydroxylation is 2. The monoisotopic (exact) mass is 596 g/mol. The van der Waals surface area contributed by atoms with E-state index in [1.165, 1.54) is 12.1 Å². The summed E-state index contributed by atoms with van der Waals surface area (Å²) < 4.78 is 0. The second kappa shape index (κ2) is 12.5. The number of allylic oxidation sites excluding steroid dienone is 2. The molecule has 5 rings (SSSR count). The first-order valence-electron chi connectivity index (χ1n) is 13.1. The highest BCUT2D eigenvalue weighted by molar-refractivity contribution is 6.31. The van der Waals surface area contributed by atoms with Crippen LogP contribution in [0.2, 0.25) is 10.0 Å². The van der Waals surface area contributed by atoms with Gasteiger partial charge in [-0.1, -0.05) is 47.5 Å². The van der Waals surface area contributed by atoms with Crippen molar-refractivity contribution in [3.8, 4) is 11.5 Å². The SMILES string of the molecule is Cc1ccc(Cl)cc1N=Nc1cc(/C=C2/CC/C(=C\c3ccc(O)c(N=Nc4cc(Cl)ccc4C)c3)C2=O)ccc1O. The zero-order valence-electron chi connectivity index (χ0n) is 22.8. The fourth-order valence-electron chi connectivity index (χ4n) is 4.40. The van der Waals surface area contributed by atoms with Crippen LogP contribution in [0, 0.1) is 13.8 Å². The zero-order chi connectivity index (χ0) is 29.8. The average Bonchev–Trinajstić information content (AvgIpc) is 3.30. The first-order valence-corrected chi connectivity index (χ1v) is 13.9. The summed E-state index contributed by atoms with van der Waals surface area (Å²) >= 11 is 12.1. The average molecular weight is 598 g/mol. The second-order valence-corrected chi connectivity index (χ2v) is 10.8. The van der Waals surface area contributed by atoms with Gasteiger partial charge in [0.05, 0.1) is 11.4 Å². The van der Waals surface area contributed by atoms with E-state index in [0.717, 1.165) is 22.3 Å². The van der Waals surface area contributed by atoms with E-state index in [2.05, 4.69) is 20.5 Å². The highest BCUT2D eigenvalue weighted by atomic mass is 35.5. The van der Waals surface area contributed by atoms with Crippen LogP contribution in [0.5, 0.6) is 11.5 Å². The molecule has 1 aliphatic rings. The van der Waals surface area contributed by atoms with Gasteiger partial charge < -0.3 is 10.2 Å². The van der Waals surface area contributed by atoms with Crippen molar-refractivity contribution < 1.29 is 15.0 Å². The normalized spacial score (nSPS) is 15.6. The van der Waals surface area contributed by atoms with Crippen molar-refractivity contribution in [2.24, 2.45) is 20.5 Å². The third kappa shape index (κ3) is 6.82. The van der Waals surface area contributed by atoms with Gasteiger partial charge in [-0.25, -0.2) is 0 Å². The van der Waals surface area contributed by atoms with E-state index in [0.29, 0.717) is 45.4 Å². The molecule has 0 spiro atoms. The van der Waals surface area contributed by atoms with Gasteiger partial charge in [-0.15, -0.1) is 10.2 Å². The number of phenolic OH excluding ortho intramolecular Hbond substituents is 2. The molecule has 4 aromatic carbocycles. The quantitative estimate of drug-likeness (QED) is 0.171. The highest BCUT2D eigenvalue weighted by Crippen LogP contribution is 2.36. The van der Waals surface area contributed by atoms with E-state index in [9.17, 15) is 15.0 Å². The van der Waals surface area contributed by atoms with E-state index in [4.69, 9.17) is 23.2 Å². The zero-order valence-corrected chi connectivity index (χ0v) is 24.4. The van der Waals surface area contributed by atoms with Crippen LogP contribution < -0.4 is 0 Å². The predicted molar refractivity (Wildman–Crippen MR) is 167 cm³/mol. The fourth-order valence-corrected chi connectivity index (χ4v) is 4.73. The van der Waals surface area contributed by atoms with Crippen LogP contribution in [-0.2, 0) is 4.79 Å². The number of halogens is 2. The van der Waals surface area contributed by atoms with Gasteiger partial charge in [0, 0.05) is 21.2 Å². The van der Waals surface area contributed by atoms with E-state index in [1.54, 1.807) is 60.7 Å². The molecule has 0 atom stereocenters. The molecule has 0 radical (unpaired) electrons. The second-order valence-electron chi connectivity index (χ2n) is 9.93. The molecule has 0 saturated heterocycles. The Bertz CT molecular complexity index is 1700. The van der Waals surface area contributed by atoms with Crippen molar-refractivity contribution >= 4 is 63.9 Å². The molecule has 0 amide bonds. The van der Waals surface area contributed by atoms with Crippen molar-refractivity contribution in [2.45, 2.75) is 26.7 Å². The third-order valence-corrected chi connectivity index (χ3v) is 7.27. The molecule has 0 unspecified atom stereocenters. The number of phenols is 2. The molecular weight excluding hydrogens is 571 g/mol. The number of carbonyl (C=O) groups is 1. The maximum atomic E-state index is 13.2. The van der Waals surface area contributed by atoms with Crippen LogP contribution in [0.4, 0.5) is 22.7 Å². The van der Waals surface area contributed by atoms with Crippen LogP contribution in [0.25, 0.3) is 12.2 Å². The van der Waals surface area contributed by atoms with Crippen LogP contribution >= 0.6 is 23.2 Å². The van der Waals surface area contributed by atoms with Gasteiger partial charge in [0.25, 0.3) is 0 Å². The predicted octanol–water partition coefficient (Wildman–Crippen LogP) is 10.7. The summed E-state index contributed by atoms with van der Waals surface area (Å²) in [5.41, 5.74) is 6.30. The molecule has 4 aromatic rings. The molecule has 1 saturated carbocycles. The fraction of sp³-hybridized carbons (Fsp3) is 0.121. The summed E-state index contributed by atoms with van der Waals surface area (Å²) in [5, 5.41) is 38.6. The van der Waals surface area contributed by atoms with Crippen LogP contribution in [0.3, 0.4) is 0 Å². The minimum Gasteiger partial charge on any atom is -0.506 e. The molecule has 0 bridgehead atoms. The van der Waals surface area contributed by atoms with Crippen LogP contribution in [0.15, 0.2) is 104 Å². The molecule has 0 aliphatic heterocycles. The number of ketones is 1. The van der Waals surface area contributed by atoms with Crippen molar-refractivity contribution in [1.82, 2.24) is 0 Å². The number of rotatable bonds is 6. The van der Waals surface area contributed by atoms with Gasteiger partial charge in [0.1, 0.15) is 22.9 Å². The number of azo groups is 2. The Morgan fingerprint density at radius 2 is 1.00 bits per heavy atom. The van der Waals surface area contributed by atoms with Crippen molar-refractivity contribution in [1.29, 1.82) is 0 Å². The molecule has 0 heterocycles. The molecule has 42 heavy (non-hydrogen) atoms.